The molecule has 2 aromatic rings. The SMILES string of the molecule is C=C/C(C#CC(O)CC)=C\C(=C/C)c1nc(C(=O)OC)cc2c1ncn2C.CN(C)C=O. The molecule has 0 fully saturated rings. The van der Waals surface area contributed by atoms with Gasteiger partial charge in [0.05, 0.1) is 24.6 Å². The molecule has 0 bridgehead atoms. The predicted molar refractivity (Wildman–Crippen MR) is 126 cm³/mol. The molecule has 0 saturated carbocycles. The largest absolute Gasteiger partial charge is 0.464 e. The fourth-order valence-corrected chi connectivity index (χ4v) is 2.41. The standard InChI is InChI=1S/C21H23N3O3.C3H7NO/c1-6-14(9-10-16(25)8-3)11-15(7-2)19-20-18(24(4)13-22-20)12-17(23-19)21(26)27-5;1-4(2)3-5/h6-7,11-13,16,25H,1,8H2,2-5H3;3H,1-2H3/b14-11+,15-7+;. The van der Waals surface area contributed by atoms with E-state index in [2.05, 4.69) is 28.4 Å². The molecule has 2 aromatic heterocycles. The molecular formula is C24H30N4O4. The number of ether oxygens (including phenoxy) is 1. The summed E-state index contributed by atoms with van der Waals surface area (Å²) in [7, 11) is 6.54. The fourth-order valence-electron chi connectivity index (χ4n) is 2.41. The van der Waals surface area contributed by atoms with E-state index in [9.17, 15) is 14.7 Å². The summed E-state index contributed by atoms with van der Waals surface area (Å²) in [5, 5.41) is 9.65. The van der Waals surface area contributed by atoms with E-state index >= 15 is 0 Å². The Bertz CT molecular complexity index is 1080. The fraction of sp³-hybridized carbons (Fsp3) is 0.333. The monoisotopic (exact) mass is 438 g/mol. The zero-order valence-corrected chi connectivity index (χ0v) is 19.4. The average molecular weight is 439 g/mol. The van der Waals surface area contributed by atoms with Crippen LogP contribution in [-0.2, 0) is 16.6 Å². The lowest BCUT2D eigenvalue weighted by Crippen LogP contribution is -2.07. The highest BCUT2D eigenvalue weighted by molar-refractivity contribution is 5.96. The number of pyridine rings is 1. The number of amides is 1. The minimum Gasteiger partial charge on any atom is -0.464 e. The molecule has 1 atom stereocenters. The van der Waals surface area contributed by atoms with Gasteiger partial charge in [-0.1, -0.05) is 37.5 Å². The maximum absolute atomic E-state index is 12.0. The third-order valence-corrected chi connectivity index (χ3v) is 4.20. The number of hydrogen-bond acceptors (Lipinski definition) is 6. The van der Waals surface area contributed by atoms with Gasteiger partial charge >= 0.3 is 5.97 Å². The molecule has 170 valence electrons. The Balaban J connectivity index is 0.000000920. The van der Waals surface area contributed by atoms with E-state index in [1.54, 1.807) is 38.6 Å². The van der Waals surface area contributed by atoms with Crippen LogP contribution in [0.1, 0.15) is 36.5 Å². The number of aryl methyl sites for hydroxylation is 1. The first kappa shape index (κ1) is 26.3. The van der Waals surface area contributed by atoms with Crippen LogP contribution in [0.4, 0.5) is 0 Å². The molecule has 0 aromatic carbocycles. The second-order valence-electron chi connectivity index (χ2n) is 6.88. The minimum absolute atomic E-state index is 0.198. The van der Waals surface area contributed by atoms with Gasteiger partial charge in [0.1, 0.15) is 11.6 Å². The predicted octanol–water partition coefficient (Wildman–Crippen LogP) is 2.75. The zero-order valence-electron chi connectivity index (χ0n) is 19.4. The molecule has 1 unspecified atom stereocenters. The molecule has 0 aliphatic heterocycles. The van der Waals surface area contributed by atoms with E-state index in [0.29, 0.717) is 23.2 Å². The summed E-state index contributed by atoms with van der Waals surface area (Å²) in [6.07, 6.45) is 7.55. The number of aromatic nitrogens is 3. The molecule has 8 nitrogen and oxygen atoms in total. The van der Waals surface area contributed by atoms with Gasteiger partial charge in [-0.25, -0.2) is 14.8 Å². The van der Waals surface area contributed by atoms with Crippen molar-refractivity contribution in [1.82, 2.24) is 19.4 Å². The van der Waals surface area contributed by atoms with Crippen molar-refractivity contribution in [2.75, 3.05) is 21.2 Å². The van der Waals surface area contributed by atoms with Crippen LogP contribution in [0.2, 0.25) is 0 Å². The normalized spacial score (nSPS) is 12.1. The lowest BCUT2D eigenvalue weighted by atomic mass is 10.1. The number of rotatable bonds is 6. The van der Waals surface area contributed by atoms with Crippen LogP contribution in [0.25, 0.3) is 16.6 Å². The van der Waals surface area contributed by atoms with Crippen LogP contribution in [-0.4, -0.2) is 64.2 Å². The van der Waals surface area contributed by atoms with Crippen molar-refractivity contribution in [2.45, 2.75) is 26.4 Å². The number of hydrogen-bond donors (Lipinski definition) is 1. The second-order valence-corrected chi connectivity index (χ2v) is 6.88. The van der Waals surface area contributed by atoms with Crippen LogP contribution >= 0.6 is 0 Å². The number of nitrogens with zero attached hydrogens (tertiary/aromatic N) is 4. The summed E-state index contributed by atoms with van der Waals surface area (Å²) in [4.78, 5) is 31.8. The van der Waals surface area contributed by atoms with Crippen LogP contribution in [0, 0.1) is 11.8 Å². The Kier molecular flexibility index (Phi) is 10.6. The van der Waals surface area contributed by atoms with Crippen molar-refractivity contribution in [3.05, 3.63) is 54.2 Å². The summed E-state index contributed by atoms with van der Waals surface area (Å²) < 4.78 is 6.63. The first-order chi connectivity index (χ1) is 15.2. The van der Waals surface area contributed by atoms with Crippen molar-refractivity contribution >= 4 is 29.0 Å². The summed E-state index contributed by atoms with van der Waals surface area (Å²) in [6, 6.07) is 1.65. The number of aliphatic hydroxyl groups is 1. The van der Waals surface area contributed by atoms with Crippen LogP contribution in [0.5, 0.6) is 0 Å². The average Bonchev–Trinajstić information content (AvgIpc) is 3.19. The molecule has 8 heteroatoms. The maximum atomic E-state index is 12.0. The van der Waals surface area contributed by atoms with Gasteiger partial charge in [-0.3, -0.25) is 4.79 Å². The molecule has 2 heterocycles. The quantitative estimate of drug-likeness (QED) is 0.322. The van der Waals surface area contributed by atoms with E-state index in [1.807, 2.05) is 31.5 Å². The Morgan fingerprint density at radius 1 is 1.44 bits per heavy atom. The van der Waals surface area contributed by atoms with E-state index in [0.717, 1.165) is 17.5 Å². The van der Waals surface area contributed by atoms with Crippen LogP contribution in [0.15, 0.2) is 42.8 Å². The topological polar surface area (TPSA) is 97.6 Å². The molecule has 0 saturated heterocycles. The maximum Gasteiger partial charge on any atom is 0.356 e. The van der Waals surface area contributed by atoms with E-state index < -0.39 is 12.1 Å². The number of esters is 1. The highest BCUT2D eigenvalue weighted by Gasteiger charge is 2.17. The van der Waals surface area contributed by atoms with Crippen molar-refractivity contribution in [3.8, 4) is 11.8 Å². The number of aliphatic hydroxyl groups excluding tert-OH is 1. The molecular weight excluding hydrogens is 408 g/mol. The number of methoxy groups -OCH3 is 1. The third kappa shape index (κ3) is 7.22. The number of imidazole rings is 1. The molecule has 0 spiro atoms. The summed E-state index contributed by atoms with van der Waals surface area (Å²) in [5.41, 5.74) is 3.54. The summed E-state index contributed by atoms with van der Waals surface area (Å²) in [6.45, 7) is 7.50. The van der Waals surface area contributed by atoms with Gasteiger partial charge in [0.15, 0.2) is 5.69 Å². The number of fused-ring (bicyclic) bond motifs is 1. The Labute approximate surface area is 188 Å². The highest BCUT2D eigenvalue weighted by Crippen LogP contribution is 2.25. The van der Waals surface area contributed by atoms with Gasteiger partial charge in [0.2, 0.25) is 6.41 Å². The lowest BCUT2D eigenvalue weighted by Gasteiger charge is -2.07. The first-order valence-corrected chi connectivity index (χ1v) is 9.94. The number of carbonyl (C=O) groups is 2. The molecule has 0 radical (unpaired) electrons. The van der Waals surface area contributed by atoms with Gasteiger partial charge in [-0.15, -0.1) is 0 Å². The van der Waals surface area contributed by atoms with E-state index in [-0.39, 0.29) is 5.69 Å². The van der Waals surface area contributed by atoms with Crippen molar-refractivity contribution in [2.24, 2.45) is 7.05 Å². The highest BCUT2D eigenvalue weighted by atomic mass is 16.5. The van der Waals surface area contributed by atoms with Crippen molar-refractivity contribution < 1.29 is 19.4 Å². The van der Waals surface area contributed by atoms with Gasteiger partial charge < -0.3 is 19.3 Å². The van der Waals surface area contributed by atoms with Crippen LogP contribution in [0.3, 0.4) is 0 Å². The van der Waals surface area contributed by atoms with Crippen molar-refractivity contribution in [3.63, 3.8) is 0 Å². The van der Waals surface area contributed by atoms with Crippen molar-refractivity contribution in [1.29, 1.82) is 0 Å². The van der Waals surface area contributed by atoms with Gasteiger partial charge in [0.25, 0.3) is 0 Å². The third-order valence-electron chi connectivity index (χ3n) is 4.20. The van der Waals surface area contributed by atoms with Crippen LogP contribution < -0.4 is 0 Å². The van der Waals surface area contributed by atoms with Gasteiger partial charge in [-0.2, -0.15) is 0 Å². The smallest absolute Gasteiger partial charge is 0.356 e. The summed E-state index contributed by atoms with van der Waals surface area (Å²) in [5.74, 6) is 5.16. The summed E-state index contributed by atoms with van der Waals surface area (Å²) >= 11 is 0. The van der Waals surface area contributed by atoms with E-state index in [1.165, 1.54) is 12.0 Å². The molecule has 1 amide bonds. The van der Waals surface area contributed by atoms with E-state index in [4.69, 9.17) is 4.74 Å². The van der Waals surface area contributed by atoms with Gasteiger partial charge in [0, 0.05) is 26.7 Å². The molecule has 2 rings (SSSR count). The second kappa shape index (κ2) is 12.9. The number of carbonyl (C=O) groups excluding carboxylic acids is 2. The Morgan fingerprint density at radius 2 is 2.09 bits per heavy atom. The Morgan fingerprint density at radius 3 is 2.59 bits per heavy atom. The zero-order chi connectivity index (χ0) is 24.3. The molecule has 1 N–H and O–H groups in total. The van der Waals surface area contributed by atoms with Gasteiger partial charge in [-0.05, 0) is 31.1 Å². The molecule has 32 heavy (non-hydrogen) atoms. The minimum atomic E-state index is -0.689. The first-order valence-electron chi connectivity index (χ1n) is 9.94. The Hall–Kier alpha value is -3.70. The molecule has 0 aliphatic carbocycles. The lowest BCUT2D eigenvalue weighted by molar-refractivity contribution is -0.115. The number of allylic oxidation sites excluding steroid dienone is 5. The molecule has 0 aliphatic rings.